The molecule has 3 rings (SSSR count). The van der Waals surface area contributed by atoms with Crippen LogP contribution in [0.1, 0.15) is 40.4 Å². The highest BCUT2D eigenvalue weighted by molar-refractivity contribution is 14.0. The molecular formula is C23H32IN5O. The summed E-state index contributed by atoms with van der Waals surface area (Å²) in [4.78, 5) is 18.7. The number of carbonyl (C=O) groups excluding carboxylic acids is 1. The van der Waals surface area contributed by atoms with Crippen molar-refractivity contribution in [2.75, 3.05) is 33.7 Å². The van der Waals surface area contributed by atoms with Crippen LogP contribution in [0, 0.1) is 0 Å². The number of nitrogens with zero attached hydrogens (tertiary/aromatic N) is 2. The summed E-state index contributed by atoms with van der Waals surface area (Å²) in [6.07, 6.45) is 2.52. The van der Waals surface area contributed by atoms with Gasteiger partial charge in [0.15, 0.2) is 5.96 Å². The van der Waals surface area contributed by atoms with Gasteiger partial charge in [0.2, 0.25) is 0 Å². The fraction of sp³-hybridized carbons (Fsp3) is 0.391. The van der Waals surface area contributed by atoms with Crippen molar-refractivity contribution >= 4 is 35.8 Å². The second kappa shape index (κ2) is 12.5. The highest BCUT2D eigenvalue weighted by Crippen LogP contribution is 2.24. The normalized spacial score (nSPS) is 15.2. The molecule has 1 atom stereocenters. The molecule has 0 aliphatic carbocycles. The molecule has 2 aromatic rings. The number of carbonyl (C=O) groups is 1. The third-order valence-corrected chi connectivity index (χ3v) is 5.33. The van der Waals surface area contributed by atoms with Gasteiger partial charge in [-0.3, -0.25) is 14.7 Å². The van der Waals surface area contributed by atoms with E-state index in [1.54, 1.807) is 14.1 Å². The third kappa shape index (κ3) is 6.70. The minimum absolute atomic E-state index is 0. The van der Waals surface area contributed by atoms with Crippen LogP contribution in [-0.4, -0.2) is 50.5 Å². The minimum atomic E-state index is -0.0781. The van der Waals surface area contributed by atoms with Gasteiger partial charge in [-0.1, -0.05) is 42.5 Å². The van der Waals surface area contributed by atoms with Crippen LogP contribution in [-0.2, 0) is 6.54 Å². The lowest BCUT2D eigenvalue weighted by molar-refractivity contribution is 0.0963. The molecule has 162 valence electrons. The fourth-order valence-corrected chi connectivity index (χ4v) is 3.75. The van der Waals surface area contributed by atoms with Crippen molar-refractivity contribution in [2.24, 2.45) is 4.99 Å². The molecular weight excluding hydrogens is 489 g/mol. The van der Waals surface area contributed by atoms with Crippen LogP contribution in [0.15, 0.2) is 59.6 Å². The second-order valence-electron chi connectivity index (χ2n) is 7.26. The smallest absolute Gasteiger partial charge is 0.251 e. The van der Waals surface area contributed by atoms with Gasteiger partial charge in [0.05, 0.1) is 6.04 Å². The Morgan fingerprint density at radius 1 is 1.07 bits per heavy atom. The number of amides is 1. The van der Waals surface area contributed by atoms with Crippen LogP contribution in [0.5, 0.6) is 0 Å². The average molecular weight is 521 g/mol. The van der Waals surface area contributed by atoms with Crippen LogP contribution in [0.4, 0.5) is 0 Å². The molecule has 0 spiro atoms. The molecule has 6 nitrogen and oxygen atoms in total. The van der Waals surface area contributed by atoms with E-state index in [-0.39, 0.29) is 29.9 Å². The summed E-state index contributed by atoms with van der Waals surface area (Å²) in [5, 5.41) is 9.50. The standard InChI is InChI=1S/C23H31N5O.HI/c1-24-22(29)20-12-8-9-18(15-20)16-26-23(25-2)27-17-21(28-13-6-7-14-28)19-10-4-3-5-11-19;/h3-5,8-12,15,21H,6-7,13-14,16-17H2,1-2H3,(H,24,29)(H2,25,26,27);1H. The lowest BCUT2D eigenvalue weighted by atomic mass is 10.1. The van der Waals surface area contributed by atoms with Crippen molar-refractivity contribution in [3.63, 3.8) is 0 Å². The van der Waals surface area contributed by atoms with Gasteiger partial charge in [-0.15, -0.1) is 24.0 Å². The summed E-state index contributed by atoms with van der Waals surface area (Å²) < 4.78 is 0. The molecule has 0 saturated carbocycles. The van der Waals surface area contributed by atoms with Crippen molar-refractivity contribution in [3.05, 3.63) is 71.3 Å². The molecule has 1 saturated heterocycles. The van der Waals surface area contributed by atoms with E-state index in [4.69, 9.17) is 0 Å². The summed E-state index contributed by atoms with van der Waals surface area (Å²) in [5.74, 6) is 0.682. The molecule has 30 heavy (non-hydrogen) atoms. The summed E-state index contributed by atoms with van der Waals surface area (Å²) in [6, 6.07) is 18.6. The quantitative estimate of drug-likeness (QED) is 0.298. The molecule has 0 aromatic heterocycles. The van der Waals surface area contributed by atoms with Crippen LogP contribution >= 0.6 is 24.0 Å². The lowest BCUT2D eigenvalue weighted by Crippen LogP contribution is -2.42. The van der Waals surface area contributed by atoms with Gasteiger partial charge in [-0.25, -0.2) is 0 Å². The number of hydrogen-bond donors (Lipinski definition) is 3. The number of aliphatic imine (C=N–C) groups is 1. The number of benzene rings is 2. The highest BCUT2D eigenvalue weighted by Gasteiger charge is 2.23. The first-order valence-electron chi connectivity index (χ1n) is 10.3. The fourth-order valence-electron chi connectivity index (χ4n) is 3.75. The van der Waals surface area contributed by atoms with E-state index in [0.717, 1.165) is 31.2 Å². The Morgan fingerprint density at radius 2 is 1.80 bits per heavy atom. The predicted molar refractivity (Wildman–Crippen MR) is 133 cm³/mol. The van der Waals surface area contributed by atoms with Crippen molar-refractivity contribution in [1.29, 1.82) is 0 Å². The summed E-state index contributed by atoms with van der Waals surface area (Å²) in [6.45, 7) is 3.67. The Morgan fingerprint density at radius 3 is 2.47 bits per heavy atom. The van der Waals surface area contributed by atoms with Gasteiger partial charge in [0, 0.05) is 32.7 Å². The zero-order chi connectivity index (χ0) is 20.5. The maximum absolute atomic E-state index is 11.8. The molecule has 3 N–H and O–H groups in total. The molecule has 0 radical (unpaired) electrons. The Labute approximate surface area is 196 Å². The zero-order valence-corrected chi connectivity index (χ0v) is 20.1. The first-order valence-corrected chi connectivity index (χ1v) is 10.3. The van der Waals surface area contributed by atoms with Gasteiger partial charge in [-0.2, -0.15) is 0 Å². The number of rotatable bonds is 7. The summed E-state index contributed by atoms with van der Waals surface area (Å²) in [7, 11) is 3.42. The van der Waals surface area contributed by atoms with Gasteiger partial charge in [-0.05, 0) is 49.2 Å². The monoisotopic (exact) mass is 521 g/mol. The molecule has 1 fully saturated rings. The van der Waals surface area contributed by atoms with E-state index in [1.807, 2.05) is 24.3 Å². The SMILES string of the molecule is CN=C(NCc1cccc(C(=O)NC)c1)NCC(c1ccccc1)N1CCCC1.I. The number of nitrogens with one attached hydrogen (secondary N) is 3. The molecule has 1 aliphatic heterocycles. The molecule has 7 heteroatoms. The molecule has 0 bridgehead atoms. The highest BCUT2D eigenvalue weighted by atomic mass is 127. The Balaban J connectivity index is 0.00000320. The number of halogens is 1. The van der Waals surface area contributed by atoms with Crippen LogP contribution in [0.25, 0.3) is 0 Å². The van der Waals surface area contributed by atoms with Crippen LogP contribution < -0.4 is 16.0 Å². The average Bonchev–Trinajstić information content (AvgIpc) is 3.31. The predicted octanol–water partition coefficient (Wildman–Crippen LogP) is 3.17. The van der Waals surface area contributed by atoms with Crippen molar-refractivity contribution < 1.29 is 4.79 Å². The molecule has 1 aliphatic rings. The second-order valence-corrected chi connectivity index (χ2v) is 7.26. The van der Waals surface area contributed by atoms with Crippen molar-refractivity contribution in [3.8, 4) is 0 Å². The van der Waals surface area contributed by atoms with E-state index in [2.05, 4.69) is 56.2 Å². The summed E-state index contributed by atoms with van der Waals surface area (Å²) in [5.41, 5.74) is 3.02. The largest absolute Gasteiger partial charge is 0.355 e. The molecule has 1 amide bonds. The van der Waals surface area contributed by atoms with Gasteiger partial charge >= 0.3 is 0 Å². The maximum Gasteiger partial charge on any atom is 0.251 e. The minimum Gasteiger partial charge on any atom is -0.355 e. The van der Waals surface area contributed by atoms with Gasteiger partial charge in [0.1, 0.15) is 0 Å². The van der Waals surface area contributed by atoms with E-state index in [0.29, 0.717) is 18.2 Å². The van der Waals surface area contributed by atoms with Gasteiger partial charge in [0.25, 0.3) is 5.91 Å². The number of hydrogen-bond acceptors (Lipinski definition) is 3. The molecule has 2 aromatic carbocycles. The topological polar surface area (TPSA) is 68.8 Å². The van der Waals surface area contributed by atoms with E-state index in [9.17, 15) is 4.79 Å². The number of guanidine groups is 1. The number of likely N-dealkylation sites (tertiary alicyclic amines) is 1. The van der Waals surface area contributed by atoms with E-state index >= 15 is 0 Å². The molecule has 1 unspecified atom stereocenters. The van der Waals surface area contributed by atoms with Gasteiger partial charge < -0.3 is 16.0 Å². The van der Waals surface area contributed by atoms with E-state index in [1.165, 1.54) is 18.4 Å². The first kappa shape index (κ1) is 24.1. The zero-order valence-electron chi connectivity index (χ0n) is 17.7. The Hall–Kier alpha value is -2.13. The maximum atomic E-state index is 11.8. The molecule has 1 heterocycles. The van der Waals surface area contributed by atoms with Crippen molar-refractivity contribution in [2.45, 2.75) is 25.4 Å². The Kier molecular flexibility index (Phi) is 10.1. The lowest BCUT2D eigenvalue weighted by Gasteiger charge is -2.29. The van der Waals surface area contributed by atoms with Crippen LogP contribution in [0.3, 0.4) is 0 Å². The summed E-state index contributed by atoms with van der Waals surface area (Å²) >= 11 is 0. The van der Waals surface area contributed by atoms with Crippen molar-refractivity contribution in [1.82, 2.24) is 20.9 Å². The first-order chi connectivity index (χ1) is 14.2. The van der Waals surface area contributed by atoms with E-state index < -0.39 is 0 Å². The Bertz CT molecular complexity index is 821. The van der Waals surface area contributed by atoms with Crippen LogP contribution in [0.2, 0.25) is 0 Å². The third-order valence-electron chi connectivity index (χ3n) is 5.33.